The summed E-state index contributed by atoms with van der Waals surface area (Å²) in [6.45, 7) is 1.64. The third-order valence-corrected chi connectivity index (χ3v) is 2.53. The average molecular weight is 248 g/mol. The van der Waals surface area contributed by atoms with E-state index in [9.17, 15) is 5.11 Å². The molecule has 6 heteroatoms. The van der Waals surface area contributed by atoms with Crippen LogP contribution in [0.1, 0.15) is 11.3 Å². The van der Waals surface area contributed by atoms with Gasteiger partial charge in [0, 0.05) is 24.8 Å². The molecule has 6 nitrogen and oxygen atoms in total. The molecule has 1 aromatic heterocycles. The molecule has 18 heavy (non-hydrogen) atoms. The Hall–Kier alpha value is -1.92. The molecule has 0 atom stereocenters. The van der Waals surface area contributed by atoms with Crippen molar-refractivity contribution in [3.05, 3.63) is 41.7 Å². The molecule has 0 aliphatic carbocycles. The first-order valence-electron chi connectivity index (χ1n) is 5.77. The summed E-state index contributed by atoms with van der Waals surface area (Å²) < 4.78 is 1.59. The molecule has 0 aliphatic rings. The van der Waals surface area contributed by atoms with Crippen LogP contribution in [0.5, 0.6) is 5.75 Å². The molecular weight excluding hydrogens is 232 g/mol. The third-order valence-electron chi connectivity index (χ3n) is 2.53. The lowest BCUT2D eigenvalue weighted by Crippen LogP contribution is -2.13. The maximum absolute atomic E-state index is 9.58. The first-order chi connectivity index (χ1) is 8.79. The van der Waals surface area contributed by atoms with E-state index in [2.05, 4.69) is 15.6 Å². The molecule has 0 aliphatic heterocycles. The van der Waals surface area contributed by atoms with E-state index in [1.54, 1.807) is 23.0 Å². The van der Waals surface area contributed by atoms with Crippen LogP contribution < -0.4 is 5.32 Å². The van der Waals surface area contributed by atoms with Gasteiger partial charge in [-0.1, -0.05) is 23.4 Å². The second-order valence-corrected chi connectivity index (χ2v) is 3.93. The van der Waals surface area contributed by atoms with Crippen molar-refractivity contribution in [3.63, 3.8) is 0 Å². The fraction of sp³-hybridized carbons (Fsp3) is 0.333. The van der Waals surface area contributed by atoms with E-state index in [0.29, 0.717) is 19.6 Å². The third kappa shape index (κ3) is 3.28. The van der Waals surface area contributed by atoms with Crippen LogP contribution in [-0.2, 0) is 19.6 Å². The molecule has 1 heterocycles. The van der Waals surface area contributed by atoms with E-state index in [1.807, 2.05) is 12.1 Å². The van der Waals surface area contributed by atoms with Gasteiger partial charge < -0.3 is 15.5 Å². The summed E-state index contributed by atoms with van der Waals surface area (Å²) in [6.07, 6.45) is 1.79. The lowest BCUT2D eigenvalue weighted by atomic mass is 10.2. The minimum atomic E-state index is 0.0497. The number of benzene rings is 1. The summed E-state index contributed by atoms with van der Waals surface area (Å²) in [7, 11) is 0. The number of phenolic OH excluding ortho intramolecular Hbond substituents is 1. The van der Waals surface area contributed by atoms with E-state index in [-0.39, 0.29) is 12.4 Å². The van der Waals surface area contributed by atoms with E-state index >= 15 is 0 Å². The number of nitrogens with one attached hydrogen (secondary N) is 1. The van der Waals surface area contributed by atoms with Crippen molar-refractivity contribution in [2.75, 3.05) is 6.61 Å². The van der Waals surface area contributed by atoms with Gasteiger partial charge in [0.15, 0.2) is 0 Å². The van der Waals surface area contributed by atoms with E-state index in [1.165, 1.54) is 0 Å². The quantitative estimate of drug-likeness (QED) is 0.683. The van der Waals surface area contributed by atoms with Crippen molar-refractivity contribution in [2.45, 2.75) is 19.6 Å². The van der Waals surface area contributed by atoms with Crippen LogP contribution in [0.3, 0.4) is 0 Å². The Balaban J connectivity index is 1.83. The number of aromatic hydroxyl groups is 1. The molecule has 2 rings (SSSR count). The molecule has 0 radical (unpaired) electrons. The van der Waals surface area contributed by atoms with Gasteiger partial charge in [0.2, 0.25) is 0 Å². The highest BCUT2D eigenvalue weighted by molar-refractivity contribution is 5.31. The van der Waals surface area contributed by atoms with Crippen LogP contribution in [0.2, 0.25) is 0 Å². The first kappa shape index (κ1) is 12.5. The summed E-state index contributed by atoms with van der Waals surface area (Å²) in [6, 6.07) is 7.20. The van der Waals surface area contributed by atoms with Gasteiger partial charge in [-0.3, -0.25) is 0 Å². The minimum Gasteiger partial charge on any atom is -0.508 e. The van der Waals surface area contributed by atoms with Crippen LogP contribution in [0.15, 0.2) is 30.5 Å². The number of nitrogens with zero attached hydrogens (tertiary/aromatic N) is 3. The number of para-hydroxylation sites is 1. The standard InChI is InChI=1S/C12H16N4O2/c17-6-5-16-9-11(14-15-16)8-13-7-10-3-1-2-4-12(10)18/h1-4,9,13,17-18H,5-8H2. The van der Waals surface area contributed by atoms with Gasteiger partial charge in [-0.2, -0.15) is 0 Å². The Morgan fingerprint density at radius 1 is 1.22 bits per heavy atom. The molecule has 2 aromatic rings. The Labute approximate surface area is 105 Å². The van der Waals surface area contributed by atoms with Crippen LogP contribution in [0.4, 0.5) is 0 Å². The number of aliphatic hydroxyl groups excluding tert-OH is 1. The van der Waals surface area contributed by atoms with Crippen molar-refractivity contribution in [1.82, 2.24) is 20.3 Å². The lowest BCUT2D eigenvalue weighted by molar-refractivity contribution is 0.268. The molecule has 96 valence electrons. The molecule has 0 bridgehead atoms. The van der Waals surface area contributed by atoms with E-state index in [4.69, 9.17) is 5.11 Å². The van der Waals surface area contributed by atoms with Crippen molar-refractivity contribution in [3.8, 4) is 5.75 Å². The zero-order valence-electron chi connectivity index (χ0n) is 9.95. The highest BCUT2D eigenvalue weighted by Gasteiger charge is 2.02. The topological polar surface area (TPSA) is 83.2 Å². The summed E-state index contributed by atoms with van der Waals surface area (Å²) >= 11 is 0. The van der Waals surface area contributed by atoms with Gasteiger partial charge >= 0.3 is 0 Å². The van der Waals surface area contributed by atoms with Gasteiger partial charge in [-0.25, -0.2) is 4.68 Å². The maximum atomic E-state index is 9.58. The molecule has 0 fully saturated rings. The Morgan fingerprint density at radius 3 is 2.83 bits per heavy atom. The van der Waals surface area contributed by atoms with Gasteiger partial charge in [0.05, 0.1) is 18.8 Å². The minimum absolute atomic E-state index is 0.0497. The predicted octanol–water partition coefficient (Wildman–Crippen LogP) is 0.266. The second kappa shape index (κ2) is 6.13. The second-order valence-electron chi connectivity index (χ2n) is 3.93. The highest BCUT2D eigenvalue weighted by atomic mass is 16.3. The lowest BCUT2D eigenvalue weighted by Gasteiger charge is -2.04. The first-order valence-corrected chi connectivity index (χ1v) is 5.77. The van der Waals surface area contributed by atoms with Crippen molar-refractivity contribution in [1.29, 1.82) is 0 Å². The predicted molar refractivity (Wildman–Crippen MR) is 65.8 cm³/mol. The number of hydrogen-bond donors (Lipinski definition) is 3. The average Bonchev–Trinajstić information content (AvgIpc) is 2.80. The van der Waals surface area contributed by atoms with Crippen LogP contribution >= 0.6 is 0 Å². The molecule has 0 spiro atoms. The summed E-state index contributed by atoms with van der Waals surface area (Å²) in [5, 5.41) is 29.3. The fourth-order valence-electron chi connectivity index (χ4n) is 1.62. The molecule has 1 aromatic carbocycles. The molecular formula is C12H16N4O2. The van der Waals surface area contributed by atoms with Crippen LogP contribution in [0.25, 0.3) is 0 Å². The van der Waals surface area contributed by atoms with Crippen molar-refractivity contribution < 1.29 is 10.2 Å². The van der Waals surface area contributed by atoms with Gasteiger partial charge in [0.1, 0.15) is 5.75 Å². The number of phenols is 1. The van der Waals surface area contributed by atoms with E-state index in [0.717, 1.165) is 11.3 Å². The Bertz CT molecular complexity index is 498. The van der Waals surface area contributed by atoms with Gasteiger partial charge in [0.25, 0.3) is 0 Å². The Kier molecular flexibility index (Phi) is 4.27. The van der Waals surface area contributed by atoms with Crippen molar-refractivity contribution in [2.24, 2.45) is 0 Å². The zero-order valence-corrected chi connectivity index (χ0v) is 9.95. The normalized spacial score (nSPS) is 10.7. The highest BCUT2D eigenvalue weighted by Crippen LogP contribution is 2.14. The SMILES string of the molecule is OCCn1cc(CNCc2ccccc2O)nn1. The maximum Gasteiger partial charge on any atom is 0.120 e. The van der Waals surface area contributed by atoms with Crippen LogP contribution in [-0.4, -0.2) is 31.8 Å². The van der Waals surface area contributed by atoms with E-state index < -0.39 is 0 Å². The Morgan fingerprint density at radius 2 is 2.06 bits per heavy atom. The molecule has 3 N–H and O–H groups in total. The van der Waals surface area contributed by atoms with Crippen LogP contribution in [0, 0.1) is 0 Å². The van der Waals surface area contributed by atoms with Gasteiger partial charge in [-0.05, 0) is 6.07 Å². The summed E-state index contributed by atoms with van der Waals surface area (Å²) in [5.74, 6) is 0.286. The van der Waals surface area contributed by atoms with Crippen molar-refractivity contribution >= 4 is 0 Å². The summed E-state index contributed by atoms with van der Waals surface area (Å²) in [4.78, 5) is 0. The molecule has 0 amide bonds. The number of hydrogen-bond acceptors (Lipinski definition) is 5. The zero-order chi connectivity index (χ0) is 12.8. The molecule has 0 unspecified atom stereocenters. The number of aromatic nitrogens is 3. The molecule has 0 saturated carbocycles. The smallest absolute Gasteiger partial charge is 0.120 e. The van der Waals surface area contributed by atoms with Gasteiger partial charge in [-0.15, -0.1) is 5.10 Å². The fourth-order valence-corrected chi connectivity index (χ4v) is 1.62. The number of rotatable bonds is 6. The number of aliphatic hydroxyl groups is 1. The molecule has 0 saturated heterocycles. The summed E-state index contributed by atoms with van der Waals surface area (Å²) in [5.41, 5.74) is 1.65. The largest absolute Gasteiger partial charge is 0.508 e. The monoisotopic (exact) mass is 248 g/mol.